The van der Waals surface area contributed by atoms with Crippen LogP contribution in [0, 0.1) is 16.0 Å². The van der Waals surface area contributed by atoms with E-state index in [-0.39, 0.29) is 37.3 Å². The first-order valence-corrected chi connectivity index (χ1v) is 38.2. The fraction of sp³-hybridized carbons (Fsp3) is 0.807. The van der Waals surface area contributed by atoms with E-state index in [1.807, 2.05) is 0 Å². The van der Waals surface area contributed by atoms with Crippen LogP contribution in [0.4, 0.5) is 5.69 Å². The Balaban J connectivity index is 0.860. The van der Waals surface area contributed by atoms with Gasteiger partial charge in [-0.15, -0.1) is 0 Å². The van der Waals surface area contributed by atoms with E-state index >= 15 is 0 Å². The van der Waals surface area contributed by atoms with Gasteiger partial charge >= 0.3 is 31.2 Å². The van der Waals surface area contributed by atoms with E-state index in [4.69, 9.17) is 112 Å². The first kappa shape index (κ1) is 94.0. The van der Waals surface area contributed by atoms with Crippen LogP contribution in [-0.4, -0.2) is 397 Å². The lowest BCUT2D eigenvalue weighted by Gasteiger charge is -2.50. The molecule has 22 N–H and O–H groups in total. The van der Waals surface area contributed by atoms with Crippen LogP contribution in [0.25, 0.3) is 0 Å². The van der Waals surface area contributed by atoms with E-state index in [0.717, 1.165) is 31.2 Å². The maximum Gasteiger partial charge on any atom is 0.397 e. The molecule has 1 aromatic rings. The Morgan fingerprint density at radius 1 is 0.457 bits per heavy atom. The molecule has 8 aliphatic rings. The van der Waals surface area contributed by atoms with Gasteiger partial charge in [0.15, 0.2) is 62.3 Å². The van der Waals surface area contributed by atoms with Crippen LogP contribution in [0.3, 0.4) is 0 Å². The number of ether oxygens (including phenoxy) is 20. The molecule has 1 aromatic carbocycles. The molecule has 8 fully saturated rings. The van der Waals surface area contributed by atoms with Crippen molar-refractivity contribution in [1.82, 2.24) is 5.32 Å². The van der Waals surface area contributed by atoms with Crippen LogP contribution in [0.15, 0.2) is 24.3 Å². The van der Waals surface area contributed by atoms with Crippen LogP contribution in [-0.2, 0) is 158 Å². The summed E-state index contributed by atoms with van der Waals surface area (Å²) < 4.78 is 225. The van der Waals surface area contributed by atoms with Crippen molar-refractivity contribution in [3.05, 3.63) is 34.4 Å². The summed E-state index contributed by atoms with van der Waals surface area (Å²) in [6.07, 6.45) is -73.6. The van der Waals surface area contributed by atoms with Gasteiger partial charge in [0, 0.05) is 31.4 Å². The van der Waals surface area contributed by atoms with Gasteiger partial charge in [0.1, 0.15) is 110 Å². The fourth-order valence-corrected chi connectivity index (χ4v) is 14.1. The number of nitro groups is 1. The molecule has 56 nitrogen and oxygen atoms in total. The lowest BCUT2D eigenvalue weighted by atomic mass is 9.88. The van der Waals surface area contributed by atoms with E-state index in [0.29, 0.717) is 0 Å². The van der Waals surface area contributed by atoms with Gasteiger partial charge in [0.25, 0.3) is 31.6 Å². The van der Waals surface area contributed by atoms with Crippen molar-refractivity contribution in [2.75, 3.05) is 26.4 Å². The molecule has 9 rings (SSSR count). The Kier molecular flexibility index (Phi) is 32.6. The molecule has 0 aromatic heterocycles. The Morgan fingerprint density at radius 3 is 1.16 bits per heavy atom. The van der Waals surface area contributed by atoms with Gasteiger partial charge in [0.05, 0.1) is 67.7 Å². The Hall–Kier alpha value is -5.82. The van der Waals surface area contributed by atoms with Crippen LogP contribution in [0.2, 0.25) is 0 Å². The van der Waals surface area contributed by atoms with Crippen molar-refractivity contribution in [2.24, 2.45) is 23.1 Å². The van der Waals surface area contributed by atoms with E-state index < -0.39 is 315 Å². The van der Waals surface area contributed by atoms with Crippen molar-refractivity contribution >= 4 is 68.7 Å². The molecule has 662 valence electrons. The molecule has 39 atom stereocenters. The van der Waals surface area contributed by atoms with Gasteiger partial charge in [-0.2, -0.15) is 25.3 Å². The lowest BCUT2D eigenvalue weighted by Crippen LogP contribution is -2.69. The van der Waals surface area contributed by atoms with Crippen LogP contribution >= 0.6 is 0 Å². The zero-order valence-corrected chi connectivity index (χ0v) is 61.9. The summed E-state index contributed by atoms with van der Waals surface area (Å²) >= 11 is 0. The third-order valence-electron chi connectivity index (χ3n) is 18.9. The highest BCUT2D eigenvalue weighted by molar-refractivity contribution is 7.81. The number of benzene rings is 1. The molecule has 1 amide bonds. The zero-order valence-electron chi connectivity index (χ0n) is 59.5. The average molecular weight is 1750 g/mol. The largest absolute Gasteiger partial charge is 0.462 e. The standard InChI is InChI=1S/C57H85N5O51S3/c1-16-29(61-17(2)68)50(99-21(8-63)30(16)70)110-46-36(76)39(79)53(113-57(46)94-15-67)107-43-24(11-97-116(88,89)90)102-49(28(60)33(43)73)109-45-35(75)38(78)52(112-56(45)93-14-66)106-42-23(10-96-115(85,86)87)101-47(27(59)32(42)72)105-40-20(69)7-25(104-54(40)91-12-64)103-41-22(9-95-114(82,83)84)100-48(26(58)31(41)71)108-44-34(74)37(77)51(111-55(44)92-13-65)98-19-5-3-18(4-6-19)62(80)81/h3-6,12-16,20-57,63,69-79H,7-11,58-60H2,1-2H3,(H,61,68)(H,82,83,84)(H,85,86,87)(H,88,89,90)/t16-,20+,21?,22?,23?,24?,25-,26?,27?,28?,29?,30-,31-,32-,33-,34-,35-,36-,37?,38?,39?,40+,41-,42-,43-,44+,45+,46+,47-,48-,49-,50+,51-,52-,53-,54?,55?,56?,57?/m1/s1. The van der Waals surface area contributed by atoms with Gasteiger partial charge < -0.3 is 174 Å². The number of hydrogen-bond acceptors (Lipinski definition) is 51. The highest BCUT2D eigenvalue weighted by atomic mass is 32.3. The summed E-state index contributed by atoms with van der Waals surface area (Å²) in [5.41, 5.74) is 18.6. The summed E-state index contributed by atoms with van der Waals surface area (Å²) in [7, 11) is -16.4. The second-order valence-electron chi connectivity index (χ2n) is 26.6. The number of non-ortho nitro benzene ring substituents is 1. The molecule has 0 saturated carbocycles. The van der Waals surface area contributed by atoms with Crippen molar-refractivity contribution in [1.29, 1.82) is 0 Å². The first-order chi connectivity index (χ1) is 54.5. The minimum absolute atomic E-state index is 0.165. The predicted molar refractivity (Wildman–Crippen MR) is 347 cm³/mol. The van der Waals surface area contributed by atoms with Crippen molar-refractivity contribution in [3.63, 3.8) is 0 Å². The molecular weight excluding hydrogens is 1670 g/mol. The molecule has 8 heterocycles. The number of nitrogens with zero attached hydrogens (tertiary/aromatic N) is 1. The summed E-state index contributed by atoms with van der Waals surface area (Å²) in [4.78, 5) is 70.2. The van der Waals surface area contributed by atoms with Crippen molar-refractivity contribution < 1.29 is 236 Å². The normalized spacial score (nSPS) is 43.2. The number of carbonyl (C=O) groups is 5. The summed E-state index contributed by atoms with van der Waals surface area (Å²) in [5.74, 6) is -1.78. The topological polar surface area (TPSA) is 837 Å². The molecule has 0 radical (unpaired) electrons. The lowest BCUT2D eigenvalue weighted by molar-refractivity contribution is -0.403. The molecule has 8 saturated heterocycles. The highest BCUT2D eigenvalue weighted by Crippen LogP contribution is 2.40. The number of carbonyl (C=O) groups excluding carboxylic acids is 5. The Labute approximate surface area is 652 Å². The number of nitrogens with two attached hydrogens (primary N) is 3. The maximum atomic E-state index is 12.2. The fourth-order valence-electron chi connectivity index (χ4n) is 13.1. The number of nitro benzene ring substituents is 1. The molecular formula is C57H85N5O51S3. The van der Waals surface area contributed by atoms with Gasteiger partial charge in [-0.05, 0) is 12.1 Å². The molecule has 0 aliphatic carbocycles. The average Bonchev–Trinajstić information content (AvgIpc) is 0.774. The van der Waals surface area contributed by atoms with Gasteiger partial charge in [-0.25, -0.2) is 12.5 Å². The zero-order chi connectivity index (χ0) is 85.5. The summed E-state index contributed by atoms with van der Waals surface area (Å²) in [6.45, 7) is -3.49. The van der Waals surface area contributed by atoms with Crippen LogP contribution in [0.1, 0.15) is 20.3 Å². The molecule has 15 unspecified atom stereocenters. The van der Waals surface area contributed by atoms with Crippen molar-refractivity contribution in [2.45, 2.75) is 254 Å². The van der Waals surface area contributed by atoms with Crippen LogP contribution in [0.5, 0.6) is 5.75 Å². The second kappa shape index (κ2) is 40.2. The van der Waals surface area contributed by atoms with E-state index in [2.05, 4.69) is 17.9 Å². The maximum absolute atomic E-state index is 12.2. The van der Waals surface area contributed by atoms with Gasteiger partial charge in [-0.1, -0.05) is 6.92 Å². The summed E-state index contributed by atoms with van der Waals surface area (Å²) in [6, 6.07) is -3.11. The quantitative estimate of drug-likeness (QED) is 0.00975. The predicted octanol–water partition coefficient (Wildman–Crippen LogP) is -14.1. The van der Waals surface area contributed by atoms with Crippen LogP contribution < -0.4 is 27.3 Å². The highest BCUT2D eigenvalue weighted by Gasteiger charge is 2.60. The summed E-state index contributed by atoms with van der Waals surface area (Å²) in [5, 5.41) is 150. The monoisotopic (exact) mass is 1750 g/mol. The first-order valence-electron chi connectivity index (χ1n) is 34.1. The Bertz CT molecular complexity index is 3760. The number of amides is 1. The van der Waals surface area contributed by atoms with E-state index in [1.54, 1.807) is 0 Å². The SMILES string of the molecule is CC(=O)NC1[C@H](O[C@@H]2C(OC=O)O[C@@H](O[C@@H]3C(COS(=O)(=O)O)O[C@H](O[C@@H]4C(OC=O)O[C@@H](O[C@@H]5C(COS(=O)(=O)O)O[C@H](O[C@@H]6C(OC=O)O[C@@H](O[C@@H]7C(COS(=O)(=O)O)O[C@H](O[C@@H]8C(OC=O)O[C@@H](Oc9ccc([N+](=O)[O-])cc9)C(O)[C@H]8O)C(N)[C@H]7O)C[C@@H]6O)C(N)[C@H]5O)C(O)[C@H]4O)C(N)[C@H]3O)C(O)[C@H]2O)OC(CO)[C@H](O)[C@@H]1C. The number of rotatable bonds is 36. The molecule has 59 heteroatoms. The minimum Gasteiger partial charge on any atom is -0.462 e. The third-order valence-corrected chi connectivity index (χ3v) is 20.2. The number of hydrogen-bond donors (Lipinski definition) is 19. The van der Waals surface area contributed by atoms with Gasteiger partial charge in [0.2, 0.25) is 37.4 Å². The molecule has 0 bridgehead atoms. The Morgan fingerprint density at radius 2 is 0.793 bits per heavy atom. The second-order valence-corrected chi connectivity index (χ2v) is 29.8. The molecule has 0 spiro atoms. The smallest absolute Gasteiger partial charge is 0.397 e. The van der Waals surface area contributed by atoms with E-state index in [9.17, 15) is 134 Å². The number of aliphatic hydroxyl groups excluding tert-OH is 12. The molecule has 8 aliphatic heterocycles. The number of nitrogens with one attached hydrogen (secondary N) is 1. The minimum atomic E-state index is -5.51. The third kappa shape index (κ3) is 23.1. The molecule has 116 heavy (non-hydrogen) atoms. The number of aliphatic hydroxyl groups is 12. The van der Waals surface area contributed by atoms with Gasteiger partial charge in [-0.3, -0.25) is 52.5 Å². The van der Waals surface area contributed by atoms with Crippen molar-refractivity contribution in [3.8, 4) is 5.75 Å². The van der Waals surface area contributed by atoms with E-state index in [1.165, 1.54) is 6.92 Å².